The quantitative estimate of drug-likeness (QED) is 0.756. The first kappa shape index (κ1) is 11.3. The van der Waals surface area contributed by atoms with E-state index in [0.717, 1.165) is 11.1 Å². The molecule has 86 valence electrons. The van der Waals surface area contributed by atoms with Gasteiger partial charge in [-0.15, -0.1) is 0 Å². The molecule has 0 spiro atoms. The van der Waals surface area contributed by atoms with Crippen molar-refractivity contribution in [2.45, 2.75) is 13.3 Å². The molecule has 2 aromatic rings. The van der Waals surface area contributed by atoms with Crippen LogP contribution in [0.3, 0.4) is 0 Å². The number of nitrogens with zero attached hydrogens (tertiary/aromatic N) is 1. The zero-order chi connectivity index (χ0) is 12.1. The van der Waals surface area contributed by atoms with Crippen molar-refractivity contribution < 1.29 is 9.53 Å². The van der Waals surface area contributed by atoms with Crippen molar-refractivity contribution in [2.75, 3.05) is 0 Å². The Labute approximate surface area is 100 Å². The number of hydrogen-bond donors (Lipinski definition) is 0. The summed E-state index contributed by atoms with van der Waals surface area (Å²) in [7, 11) is 0. The van der Waals surface area contributed by atoms with Gasteiger partial charge in [-0.2, -0.15) is 0 Å². The zero-order valence-corrected chi connectivity index (χ0v) is 9.59. The SMILES string of the molecule is CC(=O)Oc1ncccc1Cc1ccccc1. The number of aromatic nitrogens is 1. The van der Waals surface area contributed by atoms with Gasteiger partial charge in [-0.05, 0) is 11.6 Å². The van der Waals surface area contributed by atoms with Gasteiger partial charge in [0.1, 0.15) is 0 Å². The molecule has 0 aliphatic rings. The molecule has 0 unspecified atom stereocenters. The number of carbonyl (C=O) groups is 1. The highest BCUT2D eigenvalue weighted by atomic mass is 16.5. The predicted molar refractivity (Wildman–Crippen MR) is 64.8 cm³/mol. The van der Waals surface area contributed by atoms with E-state index in [0.29, 0.717) is 12.3 Å². The van der Waals surface area contributed by atoms with Gasteiger partial charge in [0, 0.05) is 25.1 Å². The summed E-state index contributed by atoms with van der Waals surface area (Å²) < 4.78 is 5.07. The van der Waals surface area contributed by atoms with Gasteiger partial charge in [0.25, 0.3) is 0 Å². The summed E-state index contributed by atoms with van der Waals surface area (Å²) in [6, 6.07) is 13.8. The van der Waals surface area contributed by atoms with E-state index in [-0.39, 0.29) is 5.97 Å². The van der Waals surface area contributed by atoms with Crippen LogP contribution >= 0.6 is 0 Å². The molecule has 1 aromatic carbocycles. The molecule has 0 bridgehead atoms. The summed E-state index contributed by atoms with van der Waals surface area (Å²) in [5.74, 6) is 0.0434. The van der Waals surface area contributed by atoms with Gasteiger partial charge in [-0.3, -0.25) is 4.79 Å². The molecule has 0 atom stereocenters. The second-order valence-corrected chi connectivity index (χ2v) is 3.72. The lowest BCUT2D eigenvalue weighted by atomic mass is 10.1. The third kappa shape index (κ3) is 3.14. The summed E-state index contributed by atoms with van der Waals surface area (Å²) in [6.07, 6.45) is 2.32. The lowest BCUT2D eigenvalue weighted by molar-refractivity contribution is -0.132. The van der Waals surface area contributed by atoms with Crippen LogP contribution in [0.4, 0.5) is 0 Å². The smallest absolute Gasteiger partial charge is 0.309 e. The predicted octanol–water partition coefficient (Wildman–Crippen LogP) is 2.60. The normalized spacial score (nSPS) is 9.94. The third-order valence-corrected chi connectivity index (χ3v) is 2.33. The Bertz CT molecular complexity index is 509. The van der Waals surface area contributed by atoms with E-state index in [2.05, 4.69) is 4.98 Å². The molecular formula is C14H13NO2. The maximum Gasteiger partial charge on any atom is 0.309 e. The first-order valence-corrected chi connectivity index (χ1v) is 5.42. The lowest BCUT2D eigenvalue weighted by Gasteiger charge is -2.07. The highest BCUT2D eigenvalue weighted by molar-refractivity contribution is 5.69. The van der Waals surface area contributed by atoms with Gasteiger partial charge in [0.05, 0.1) is 0 Å². The Morgan fingerprint density at radius 3 is 2.65 bits per heavy atom. The largest absolute Gasteiger partial charge is 0.407 e. The molecule has 0 saturated heterocycles. The molecule has 1 heterocycles. The molecular weight excluding hydrogens is 214 g/mol. The number of rotatable bonds is 3. The standard InChI is InChI=1S/C14H13NO2/c1-11(16)17-14-13(8-5-9-15-14)10-12-6-3-2-4-7-12/h2-9H,10H2,1H3. The maximum absolute atomic E-state index is 11.0. The van der Waals surface area contributed by atoms with Gasteiger partial charge >= 0.3 is 5.97 Å². The molecule has 0 amide bonds. The molecule has 0 aliphatic heterocycles. The summed E-state index contributed by atoms with van der Waals surface area (Å²) in [6.45, 7) is 1.38. The highest BCUT2D eigenvalue weighted by Crippen LogP contribution is 2.18. The Morgan fingerprint density at radius 1 is 1.18 bits per heavy atom. The van der Waals surface area contributed by atoms with Crippen molar-refractivity contribution in [3.63, 3.8) is 0 Å². The van der Waals surface area contributed by atoms with Crippen LogP contribution in [0.1, 0.15) is 18.1 Å². The monoisotopic (exact) mass is 227 g/mol. The van der Waals surface area contributed by atoms with Crippen LogP contribution in [0.5, 0.6) is 5.88 Å². The fraction of sp³-hybridized carbons (Fsp3) is 0.143. The minimum Gasteiger partial charge on any atom is -0.407 e. The molecule has 0 fully saturated rings. The molecule has 1 aromatic heterocycles. The van der Waals surface area contributed by atoms with E-state index in [1.807, 2.05) is 42.5 Å². The van der Waals surface area contributed by atoms with Crippen LogP contribution in [-0.4, -0.2) is 11.0 Å². The van der Waals surface area contributed by atoms with Crippen molar-refractivity contribution >= 4 is 5.97 Å². The van der Waals surface area contributed by atoms with Crippen LogP contribution in [0.2, 0.25) is 0 Å². The van der Waals surface area contributed by atoms with Crippen LogP contribution in [0, 0.1) is 0 Å². The van der Waals surface area contributed by atoms with Crippen molar-refractivity contribution in [1.29, 1.82) is 0 Å². The lowest BCUT2D eigenvalue weighted by Crippen LogP contribution is -2.05. The topological polar surface area (TPSA) is 39.2 Å². The average Bonchev–Trinajstić information content (AvgIpc) is 2.32. The van der Waals surface area contributed by atoms with E-state index in [1.165, 1.54) is 6.92 Å². The zero-order valence-electron chi connectivity index (χ0n) is 9.59. The molecule has 0 aliphatic carbocycles. The van der Waals surface area contributed by atoms with Crippen molar-refractivity contribution in [3.8, 4) is 5.88 Å². The summed E-state index contributed by atoms with van der Waals surface area (Å²) >= 11 is 0. The van der Waals surface area contributed by atoms with Crippen molar-refractivity contribution in [3.05, 3.63) is 59.8 Å². The maximum atomic E-state index is 11.0. The van der Waals surface area contributed by atoms with Crippen LogP contribution in [0.25, 0.3) is 0 Å². The number of esters is 1. The second-order valence-electron chi connectivity index (χ2n) is 3.72. The van der Waals surface area contributed by atoms with E-state index >= 15 is 0 Å². The van der Waals surface area contributed by atoms with Gasteiger partial charge in [-0.1, -0.05) is 36.4 Å². The molecule has 3 heteroatoms. The minimum atomic E-state index is -0.349. The molecule has 2 rings (SSSR count). The Balaban J connectivity index is 2.23. The molecule has 3 nitrogen and oxygen atoms in total. The van der Waals surface area contributed by atoms with Crippen LogP contribution in [-0.2, 0) is 11.2 Å². The Kier molecular flexibility index (Phi) is 3.50. The molecule has 0 radical (unpaired) electrons. The molecule has 0 N–H and O–H groups in total. The number of benzene rings is 1. The first-order chi connectivity index (χ1) is 8.25. The average molecular weight is 227 g/mol. The third-order valence-electron chi connectivity index (χ3n) is 2.33. The van der Waals surface area contributed by atoms with E-state index in [9.17, 15) is 4.79 Å². The number of carbonyl (C=O) groups excluding carboxylic acids is 1. The summed E-state index contributed by atoms with van der Waals surface area (Å²) in [5, 5.41) is 0. The minimum absolute atomic E-state index is 0.349. The van der Waals surface area contributed by atoms with E-state index in [1.54, 1.807) is 6.20 Å². The Hall–Kier alpha value is -2.16. The van der Waals surface area contributed by atoms with Crippen LogP contribution in [0.15, 0.2) is 48.7 Å². The van der Waals surface area contributed by atoms with Gasteiger partial charge in [-0.25, -0.2) is 4.98 Å². The molecule has 17 heavy (non-hydrogen) atoms. The van der Waals surface area contributed by atoms with Gasteiger partial charge < -0.3 is 4.74 Å². The Morgan fingerprint density at radius 2 is 1.94 bits per heavy atom. The van der Waals surface area contributed by atoms with Crippen molar-refractivity contribution in [1.82, 2.24) is 4.98 Å². The number of ether oxygens (including phenoxy) is 1. The van der Waals surface area contributed by atoms with Gasteiger partial charge in [0.15, 0.2) is 0 Å². The molecule has 0 saturated carbocycles. The van der Waals surface area contributed by atoms with E-state index < -0.39 is 0 Å². The second kappa shape index (κ2) is 5.25. The van der Waals surface area contributed by atoms with Gasteiger partial charge in [0.2, 0.25) is 5.88 Å². The van der Waals surface area contributed by atoms with Crippen LogP contribution < -0.4 is 4.74 Å². The fourth-order valence-corrected chi connectivity index (χ4v) is 1.60. The fourth-order valence-electron chi connectivity index (χ4n) is 1.60. The summed E-state index contributed by atoms with van der Waals surface area (Å²) in [4.78, 5) is 15.0. The first-order valence-electron chi connectivity index (χ1n) is 5.42. The highest BCUT2D eigenvalue weighted by Gasteiger charge is 2.07. The number of pyridine rings is 1. The van der Waals surface area contributed by atoms with Crippen molar-refractivity contribution in [2.24, 2.45) is 0 Å². The number of hydrogen-bond acceptors (Lipinski definition) is 3. The summed E-state index contributed by atoms with van der Waals surface area (Å²) in [5.41, 5.74) is 2.07. The van der Waals surface area contributed by atoms with E-state index in [4.69, 9.17) is 4.74 Å².